The van der Waals surface area contributed by atoms with Gasteiger partial charge < -0.3 is 11.1 Å². The largest absolute Gasteiger partial charge is 0.365 e. The number of anilines is 1. The standard InChI is InChI=1S/C11H10FN3OS/c1-17-11(9(6-13)10(14)16)15-8-4-2-3-7(12)5-8/h2-5,15H,1H3,(H2,14,16)/b11-9-. The molecule has 0 atom stereocenters. The highest BCUT2D eigenvalue weighted by Gasteiger charge is 2.11. The minimum atomic E-state index is -0.819. The summed E-state index contributed by atoms with van der Waals surface area (Å²) in [5.41, 5.74) is 5.33. The molecule has 0 aliphatic carbocycles. The number of halogens is 1. The van der Waals surface area contributed by atoms with E-state index in [0.717, 1.165) is 11.8 Å². The number of nitrogens with zero attached hydrogens (tertiary/aromatic N) is 1. The summed E-state index contributed by atoms with van der Waals surface area (Å²) in [5.74, 6) is -1.23. The van der Waals surface area contributed by atoms with E-state index in [4.69, 9.17) is 11.0 Å². The van der Waals surface area contributed by atoms with E-state index in [1.54, 1.807) is 18.4 Å². The molecule has 0 radical (unpaired) electrons. The van der Waals surface area contributed by atoms with Crippen LogP contribution in [0.3, 0.4) is 0 Å². The molecule has 0 aliphatic rings. The van der Waals surface area contributed by atoms with Crippen LogP contribution in [-0.2, 0) is 4.79 Å². The molecular formula is C11H10FN3OS. The minimum absolute atomic E-state index is 0.179. The van der Waals surface area contributed by atoms with Crippen molar-refractivity contribution >= 4 is 23.4 Å². The van der Waals surface area contributed by atoms with E-state index in [0.29, 0.717) is 10.7 Å². The topological polar surface area (TPSA) is 78.9 Å². The first-order chi connectivity index (χ1) is 8.08. The summed E-state index contributed by atoms with van der Waals surface area (Å²) >= 11 is 1.15. The summed E-state index contributed by atoms with van der Waals surface area (Å²) in [7, 11) is 0. The molecule has 0 bridgehead atoms. The van der Waals surface area contributed by atoms with Gasteiger partial charge in [-0.1, -0.05) is 6.07 Å². The van der Waals surface area contributed by atoms with Gasteiger partial charge in [0.05, 0.1) is 5.03 Å². The average molecular weight is 251 g/mol. The first kappa shape index (κ1) is 13.1. The van der Waals surface area contributed by atoms with Crippen LogP contribution in [-0.4, -0.2) is 12.2 Å². The number of rotatable bonds is 4. The van der Waals surface area contributed by atoms with Gasteiger partial charge >= 0.3 is 0 Å². The van der Waals surface area contributed by atoms with Crippen LogP contribution in [0.25, 0.3) is 0 Å². The molecule has 0 heterocycles. The van der Waals surface area contributed by atoms with Crippen molar-refractivity contribution in [3.05, 3.63) is 40.7 Å². The Morgan fingerprint density at radius 3 is 2.76 bits per heavy atom. The molecule has 0 fully saturated rings. The van der Waals surface area contributed by atoms with Gasteiger partial charge in [-0.05, 0) is 24.5 Å². The highest BCUT2D eigenvalue weighted by molar-refractivity contribution is 8.02. The van der Waals surface area contributed by atoms with Gasteiger partial charge in [-0.15, -0.1) is 11.8 Å². The Bertz CT molecular complexity index is 508. The van der Waals surface area contributed by atoms with E-state index in [1.807, 2.05) is 0 Å². The fourth-order valence-electron chi connectivity index (χ4n) is 1.13. The highest BCUT2D eigenvalue weighted by atomic mass is 32.2. The zero-order valence-corrected chi connectivity index (χ0v) is 9.84. The lowest BCUT2D eigenvalue weighted by molar-refractivity contribution is -0.114. The second-order valence-electron chi connectivity index (χ2n) is 3.02. The van der Waals surface area contributed by atoms with Gasteiger partial charge in [0.2, 0.25) is 0 Å². The Kier molecular flexibility index (Phi) is 4.55. The first-order valence-corrected chi connectivity index (χ1v) is 5.81. The molecule has 88 valence electrons. The molecule has 1 rings (SSSR count). The molecule has 1 amide bonds. The van der Waals surface area contributed by atoms with Gasteiger partial charge in [0.25, 0.3) is 5.91 Å². The number of nitrogens with one attached hydrogen (secondary N) is 1. The third kappa shape index (κ3) is 3.50. The monoisotopic (exact) mass is 251 g/mol. The van der Waals surface area contributed by atoms with Crippen molar-refractivity contribution in [2.75, 3.05) is 11.6 Å². The molecular weight excluding hydrogens is 241 g/mol. The minimum Gasteiger partial charge on any atom is -0.365 e. The van der Waals surface area contributed by atoms with Crippen LogP contribution in [0, 0.1) is 17.1 Å². The van der Waals surface area contributed by atoms with Crippen molar-refractivity contribution in [1.82, 2.24) is 0 Å². The van der Waals surface area contributed by atoms with E-state index in [2.05, 4.69) is 5.32 Å². The molecule has 0 saturated carbocycles. The number of hydrogen-bond donors (Lipinski definition) is 2. The van der Waals surface area contributed by atoms with Crippen molar-refractivity contribution in [3.63, 3.8) is 0 Å². The lowest BCUT2D eigenvalue weighted by Crippen LogP contribution is -2.16. The van der Waals surface area contributed by atoms with Crippen molar-refractivity contribution in [3.8, 4) is 6.07 Å². The smallest absolute Gasteiger partial charge is 0.262 e. The molecule has 4 nitrogen and oxygen atoms in total. The second kappa shape index (κ2) is 5.92. The van der Waals surface area contributed by atoms with E-state index in [9.17, 15) is 9.18 Å². The highest BCUT2D eigenvalue weighted by Crippen LogP contribution is 2.20. The number of nitrogens with two attached hydrogens (primary N) is 1. The van der Waals surface area contributed by atoms with Crippen LogP contribution in [0.1, 0.15) is 0 Å². The summed E-state index contributed by atoms with van der Waals surface area (Å²) in [6.07, 6.45) is 1.68. The Hall–Kier alpha value is -2.00. The first-order valence-electron chi connectivity index (χ1n) is 4.59. The van der Waals surface area contributed by atoms with E-state index < -0.39 is 11.7 Å². The average Bonchev–Trinajstić information content (AvgIpc) is 2.28. The van der Waals surface area contributed by atoms with Gasteiger partial charge in [0, 0.05) is 5.69 Å². The maximum absolute atomic E-state index is 12.9. The molecule has 1 aromatic rings. The molecule has 0 spiro atoms. The molecule has 6 heteroatoms. The van der Waals surface area contributed by atoms with Crippen molar-refractivity contribution in [2.45, 2.75) is 0 Å². The molecule has 0 saturated heterocycles. The third-order valence-electron chi connectivity index (χ3n) is 1.87. The van der Waals surface area contributed by atoms with Crippen LogP contribution in [0.5, 0.6) is 0 Å². The SMILES string of the molecule is CS/C(Nc1cccc(F)c1)=C(/C#N)C(N)=O. The zero-order valence-electron chi connectivity index (χ0n) is 9.03. The lowest BCUT2D eigenvalue weighted by atomic mass is 10.3. The molecule has 0 aliphatic heterocycles. The zero-order chi connectivity index (χ0) is 12.8. The maximum atomic E-state index is 12.9. The number of primary amides is 1. The van der Waals surface area contributed by atoms with E-state index in [-0.39, 0.29) is 5.57 Å². The Morgan fingerprint density at radius 1 is 1.59 bits per heavy atom. The summed E-state index contributed by atoms with van der Waals surface area (Å²) < 4.78 is 12.9. The number of benzene rings is 1. The summed E-state index contributed by atoms with van der Waals surface area (Å²) in [4.78, 5) is 11.0. The number of carbonyl (C=O) groups is 1. The van der Waals surface area contributed by atoms with Crippen molar-refractivity contribution in [2.24, 2.45) is 5.73 Å². The van der Waals surface area contributed by atoms with E-state index >= 15 is 0 Å². The Labute approximate surface area is 102 Å². The number of hydrogen-bond acceptors (Lipinski definition) is 4. The number of amides is 1. The van der Waals surface area contributed by atoms with Crippen LogP contribution in [0.2, 0.25) is 0 Å². The predicted octanol–water partition coefficient (Wildman–Crippen LogP) is 1.82. The van der Waals surface area contributed by atoms with Gasteiger partial charge in [-0.2, -0.15) is 5.26 Å². The second-order valence-corrected chi connectivity index (χ2v) is 3.84. The summed E-state index contributed by atoms with van der Waals surface area (Å²) in [5, 5.41) is 11.9. The molecule has 0 unspecified atom stereocenters. The van der Waals surface area contributed by atoms with Crippen LogP contribution >= 0.6 is 11.8 Å². The maximum Gasteiger partial charge on any atom is 0.262 e. The fraction of sp³-hybridized carbons (Fsp3) is 0.0909. The molecule has 17 heavy (non-hydrogen) atoms. The van der Waals surface area contributed by atoms with Crippen molar-refractivity contribution < 1.29 is 9.18 Å². The lowest BCUT2D eigenvalue weighted by Gasteiger charge is -2.09. The van der Waals surface area contributed by atoms with Crippen LogP contribution in [0.15, 0.2) is 34.9 Å². The summed E-state index contributed by atoms with van der Waals surface area (Å²) in [6.45, 7) is 0. The number of thioether (sulfide) groups is 1. The normalized spacial score (nSPS) is 11.4. The van der Waals surface area contributed by atoms with Gasteiger partial charge in [-0.25, -0.2) is 4.39 Å². The number of carbonyl (C=O) groups excluding carboxylic acids is 1. The molecule has 0 aromatic heterocycles. The fourth-order valence-corrected chi connectivity index (χ4v) is 1.70. The van der Waals surface area contributed by atoms with Crippen LogP contribution in [0.4, 0.5) is 10.1 Å². The predicted molar refractivity (Wildman–Crippen MR) is 65.4 cm³/mol. The Morgan fingerprint density at radius 2 is 2.29 bits per heavy atom. The third-order valence-corrected chi connectivity index (χ3v) is 2.59. The van der Waals surface area contributed by atoms with E-state index in [1.165, 1.54) is 18.2 Å². The number of nitriles is 1. The van der Waals surface area contributed by atoms with Gasteiger partial charge in [-0.3, -0.25) is 4.79 Å². The quantitative estimate of drug-likeness (QED) is 0.632. The van der Waals surface area contributed by atoms with Gasteiger partial charge in [0.15, 0.2) is 0 Å². The van der Waals surface area contributed by atoms with Gasteiger partial charge in [0.1, 0.15) is 17.5 Å². The molecule has 3 N–H and O–H groups in total. The summed E-state index contributed by atoms with van der Waals surface area (Å²) in [6, 6.07) is 7.41. The van der Waals surface area contributed by atoms with Crippen molar-refractivity contribution in [1.29, 1.82) is 5.26 Å². The van der Waals surface area contributed by atoms with Crippen LogP contribution < -0.4 is 11.1 Å². The Balaban J connectivity index is 3.06. The molecule has 1 aromatic carbocycles.